The van der Waals surface area contributed by atoms with Crippen LogP contribution in [0.15, 0.2) is 42.9 Å². The van der Waals surface area contributed by atoms with Crippen molar-refractivity contribution in [2.24, 2.45) is 0 Å². The van der Waals surface area contributed by atoms with Gasteiger partial charge < -0.3 is 19.8 Å². The zero-order chi connectivity index (χ0) is 48.5. The van der Waals surface area contributed by atoms with E-state index in [9.17, 15) is 14.4 Å². The molecular weight excluding hydrogens is 831 g/mol. The van der Waals surface area contributed by atoms with E-state index in [0.717, 1.165) is 77.0 Å². The first-order chi connectivity index (χ1) is 32.9. The SMILES string of the molecule is CCCCC/C=C\CCC(CCCCCCCCCCCCCC)OC(=O)CCC(NC(=O)/C=C/c1cnc[nH]1)C(=O)OC(CC/C=C\CCCCC)CCCCCCCCCCCCCC. The van der Waals surface area contributed by atoms with Crippen molar-refractivity contribution in [3.05, 3.63) is 48.6 Å². The lowest BCUT2D eigenvalue weighted by molar-refractivity contribution is -0.155. The van der Waals surface area contributed by atoms with Crippen LogP contribution in [0.1, 0.15) is 290 Å². The number of imidazole rings is 1. The van der Waals surface area contributed by atoms with Gasteiger partial charge in [0.15, 0.2) is 0 Å². The molecule has 0 aliphatic heterocycles. The number of H-pyrrole nitrogens is 1. The van der Waals surface area contributed by atoms with Crippen LogP contribution < -0.4 is 5.32 Å². The summed E-state index contributed by atoms with van der Waals surface area (Å²) in [7, 11) is 0. The Balaban J connectivity index is 2.91. The van der Waals surface area contributed by atoms with Crippen LogP contribution in [0.3, 0.4) is 0 Å². The predicted octanol–water partition coefficient (Wildman–Crippen LogP) is 17.5. The number of aromatic amines is 1. The van der Waals surface area contributed by atoms with Gasteiger partial charge in [-0.05, 0) is 89.5 Å². The van der Waals surface area contributed by atoms with Gasteiger partial charge in [0, 0.05) is 12.5 Å². The summed E-state index contributed by atoms with van der Waals surface area (Å²) in [6.45, 7) is 8.99. The van der Waals surface area contributed by atoms with Crippen LogP contribution in [0.4, 0.5) is 0 Å². The second-order valence-electron chi connectivity index (χ2n) is 19.6. The molecule has 8 heteroatoms. The first-order valence-corrected chi connectivity index (χ1v) is 28.6. The van der Waals surface area contributed by atoms with Crippen LogP contribution in [0.5, 0.6) is 0 Å². The fourth-order valence-electron chi connectivity index (χ4n) is 8.76. The summed E-state index contributed by atoms with van der Waals surface area (Å²) in [6, 6.07) is -0.971. The number of nitrogens with one attached hydrogen (secondary N) is 2. The normalized spacial score (nSPS) is 13.2. The zero-order valence-corrected chi connectivity index (χ0v) is 44.1. The first-order valence-electron chi connectivity index (χ1n) is 28.6. The molecule has 2 N–H and O–H groups in total. The van der Waals surface area contributed by atoms with Crippen molar-refractivity contribution in [3.63, 3.8) is 0 Å². The Labute approximate surface area is 412 Å². The number of esters is 2. The molecule has 386 valence electrons. The Hall–Kier alpha value is -3.16. The highest BCUT2D eigenvalue weighted by molar-refractivity contribution is 5.94. The largest absolute Gasteiger partial charge is 0.462 e. The van der Waals surface area contributed by atoms with Crippen LogP contribution in [0, 0.1) is 0 Å². The highest BCUT2D eigenvalue weighted by atomic mass is 16.5. The molecule has 1 aromatic rings. The molecule has 0 aromatic carbocycles. The van der Waals surface area contributed by atoms with Crippen molar-refractivity contribution in [1.82, 2.24) is 15.3 Å². The van der Waals surface area contributed by atoms with Crippen molar-refractivity contribution in [2.75, 3.05) is 0 Å². The van der Waals surface area contributed by atoms with E-state index in [2.05, 4.69) is 67.3 Å². The molecule has 8 nitrogen and oxygen atoms in total. The average molecular weight is 937 g/mol. The topological polar surface area (TPSA) is 110 Å². The molecule has 0 radical (unpaired) electrons. The van der Waals surface area contributed by atoms with Crippen molar-refractivity contribution in [2.45, 2.75) is 303 Å². The number of carbonyl (C=O) groups excluding carboxylic acids is 3. The smallest absolute Gasteiger partial charge is 0.328 e. The number of carbonyl (C=O) groups is 3. The number of aromatic nitrogens is 2. The number of allylic oxidation sites excluding steroid dienone is 4. The summed E-state index contributed by atoms with van der Waals surface area (Å²) in [5, 5.41) is 2.88. The highest BCUT2D eigenvalue weighted by Crippen LogP contribution is 2.20. The molecule has 67 heavy (non-hydrogen) atoms. The minimum Gasteiger partial charge on any atom is -0.462 e. The lowest BCUT2D eigenvalue weighted by atomic mass is 10.0. The summed E-state index contributed by atoms with van der Waals surface area (Å²) in [5.41, 5.74) is 0.679. The minimum absolute atomic E-state index is 0.0238. The Morgan fingerprint density at radius 3 is 1.34 bits per heavy atom. The lowest BCUT2D eigenvalue weighted by Crippen LogP contribution is -2.43. The number of unbranched alkanes of at least 4 members (excludes halogenated alkanes) is 28. The molecule has 0 saturated heterocycles. The van der Waals surface area contributed by atoms with Crippen molar-refractivity contribution < 1.29 is 23.9 Å². The third-order valence-electron chi connectivity index (χ3n) is 13.1. The van der Waals surface area contributed by atoms with Crippen LogP contribution in [-0.2, 0) is 23.9 Å². The van der Waals surface area contributed by atoms with Gasteiger partial charge in [-0.2, -0.15) is 0 Å². The fraction of sp³-hybridized carbons (Fsp3) is 0.797. The molecular formula is C59H105N3O5. The molecule has 0 aliphatic rings. The van der Waals surface area contributed by atoms with Gasteiger partial charge >= 0.3 is 11.9 Å². The van der Waals surface area contributed by atoms with Gasteiger partial charge in [0.1, 0.15) is 18.2 Å². The van der Waals surface area contributed by atoms with Crippen molar-refractivity contribution in [1.29, 1.82) is 0 Å². The molecule has 3 atom stereocenters. The molecule has 1 rings (SSSR count). The third-order valence-corrected chi connectivity index (χ3v) is 13.1. The minimum atomic E-state index is -0.971. The lowest BCUT2D eigenvalue weighted by Gasteiger charge is -2.23. The van der Waals surface area contributed by atoms with E-state index in [4.69, 9.17) is 9.47 Å². The van der Waals surface area contributed by atoms with E-state index in [0.29, 0.717) is 5.69 Å². The Bertz CT molecular complexity index is 1340. The molecule has 1 amide bonds. The van der Waals surface area contributed by atoms with Gasteiger partial charge in [0.25, 0.3) is 0 Å². The van der Waals surface area contributed by atoms with Gasteiger partial charge in [-0.15, -0.1) is 0 Å². The van der Waals surface area contributed by atoms with E-state index < -0.39 is 17.9 Å². The molecule has 0 spiro atoms. The number of nitrogens with zero attached hydrogens (tertiary/aromatic N) is 1. The van der Waals surface area contributed by atoms with E-state index in [1.807, 2.05) is 0 Å². The van der Waals surface area contributed by atoms with Gasteiger partial charge in [-0.1, -0.05) is 219 Å². The monoisotopic (exact) mass is 936 g/mol. The van der Waals surface area contributed by atoms with Crippen LogP contribution in [0.2, 0.25) is 0 Å². The molecule has 0 bridgehead atoms. The molecule has 1 aromatic heterocycles. The molecule has 0 saturated carbocycles. The quantitative estimate of drug-likeness (QED) is 0.0291. The van der Waals surface area contributed by atoms with Crippen molar-refractivity contribution in [3.8, 4) is 0 Å². The summed E-state index contributed by atoms with van der Waals surface area (Å²) >= 11 is 0. The Kier molecular flexibility index (Phi) is 44.2. The predicted molar refractivity (Wildman–Crippen MR) is 285 cm³/mol. The summed E-state index contributed by atoms with van der Waals surface area (Å²) in [5.74, 6) is -1.22. The molecule has 0 fully saturated rings. The number of amides is 1. The van der Waals surface area contributed by atoms with Crippen LogP contribution in [-0.4, -0.2) is 46.1 Å². The van der Waals surface area contributed by atoms with Gasteiger partial charge in [0.2, 0.25) is 5.91 Å². The van der Waals surface area contributed by atoms with Crippen molar-refractivity contribution >= 4 is 23.9 Å². The molecule has 1 heterocycles. The zero-order valence-electron chi connectivity index (χ0n) is 44.1. The van der Waals surface area contributed by atoms with Gasteiger partial charge in [0.05, 0.1) is 18.2 Å². The molecule has 0 aliphatic carbocycles. The van der Waals surface area contributed by atoms with Crippen LogP contribution in [0.25, 0.3) is 6.08 Å². The first kappa shape index (κ1) is 61.9. The van der Waals surface area contributed by atoms with Gasteiger partial charge in [-0.25, -0.2) is 9.78 Å². The summed E-state index contributed by atoms with van der Waals surface area (Å²) in [6.07, 6.45) is 60.1. The van der Waals surface area contributed by atoms with E-state index in [-0.39, 0.29) is 31.0 Å². The van der Waals surface area contributed by atoms with E-state index >= 15 is 0 Å². The molecule has 3 unspecified atom stereocenters. The maximum atomic E-state index is 14.0. The number of ether oxygens (including phenoxy) is 2. The second kappa shape index (κ2) is 47.9. The van der Waals surface area contributed by atoms with Crippen LogP contribution >= 0.6 is 0 Å². The fourth-order valence-corrected chi connectivity index (χ4v) is 8.76. The third kappa shape index (κ3) is 40.4. The maximum absolute atomic E-state index is 14.0. The number of hydrogen-bond donors (Lipinski definition) is 2. The standard InChI is InChI=1S/C59H105N3O5/c1-5-9-13-17-21-23-25-27-29-33-37-40-44-54(43-39-35-31-19-15-11-7-3)66-58(64)50-48-56(62-57(63)49-47-53-51-60-52-61-53)59(65)67-55(45-41-36-32-20-16-12-8-4)46-42-38-34-30-28-26-24-22-18-14-10-6-2/h31-32,35-36,47,49,51-52,54-56H,5-30,33-34,37-46,48,50H2,1-4H3,(H,60,61)(H,62,63)/b35-31-,36-32-,49-47+. The number of rotatable bonds is 49. The second-order valence-corrected chi connectivity index (χ2v) is 19.6. The summed E-state index contributed by atoms with van der Waals surface area (Å²) in [4.78, 5) is 47.8. The average Bonchev–Trinajstić information content (AvgIpc) is 3.86. The highest BCUT2D eigenvalue weighted by Gasteiger charge is 2.26. The maximum Gasteiger partial charge on any atom is 0.328 e. The summed E-state index contributed by atoms with van der Waals surface area (Å²) < 4.78 is 12.4. The Morgan fingerprint density at radius 2 is 0.910 bits per heavy atom. The Morgan fingerprint density at radius 1 is 0.507 bits per heavy atom. The van der Waals surface area contributed by atoms with E-state index in [1.54, 1.807) is 18.6 Å². The van der Waals surface area contributed by atoms with Gasteiger partial charge in [-0.3, -0.25) is 9.59 Å². The van der Waals surface area contributed by atoms with E-state index in [1.165, 1.54) is 173 Å². The number of hydrogen-bond acceptors (Lipinski definition) is 6.